The lowest BCUT2D eigenvalue weighted by atomic mass is 10.2. The van der Waals surface area contributed by atoms with Crippen LogP contribution in [0.3, 0.4) is 0 Å². The van der Waals surface area contributed by atoms with E-state index in [1.54, 1.807) is 0 Å². The summed E-state index contributed by atoms with van der Waals surface area (Å²) in [5, 5.41) is 0. The lowest BCUT2D eigenvalue weighted by Gasteiger charge is -2.08. The van der Waals surface area contributed by atoms with Crippen LogP contribution in [0.1, 0.15) is 5.56 Å². The van der Waals surface area contributed by atoms with Gasteiger partial charge in [0.05, 0.1) is 0 Å². The molecular formula is C11H12O2. The summed E-state index contributed by atoms with van der Waals surface area (Å²) in [6.45, 7) is 6.95. The van der Waals surface area contributed by atoms with Crippen LogP contribution in [0.5, 0.6) is 11.5 Å². The minimum Gasteiger partial charge on any atom is -0.485 e. The van der Waals surface area contributed by atoms with Gasteiger partial charge in [0.25, 0.3) is 0 Å². The molecule has 2 heteroatoms. The molecule has 2 rings (SSSR count). The zero-order valence-corrected chi connectivity index (χ0v) is 7.67. The summed E-state index contributed by atoms with van der Waals surface area (Å²) in [4.78, 5) is 0. The molecular weight excluding hydrogens is 164 g/mol. The van der Waals surface area contributed by atoms with E-state index in [1.807, 2.05) is 25.1 Å². The average molecular weight is 176 g/mol. The van der Waals surface area contributed by atoms with Crippen molar-refractivity contribution in [2.75, 3.05) is 13.2 Å². The number of para-hydroxylation sites is 1. The molecule has 0 saturated carbocycles. The van der Waals surface area contributed by atoms with Crippen LogP contribution in [-0.2, 0) is 0 Å². The Morgan fingerprint density at radius 2 is 2.00 bits per heavy atom. The Morgan fingerprint density at radius 1 is 1.23 bits per heavy atom. The summed E-state index contributed by atoms with van der Waals surface area (Å²) >= 11 is 0. The average Bonchev–Trinajstić information content (AvgIpc) is 2.30. The molecule has 0 saturated heterocycles. The molecule has 0 amide bonds. The molecule has 0 atom stereocenters. The maximum Gasteiger partial charge on any atom is 0.164 e. The van der Waals surface area contributed by atoms with Crippen LogP contribution in [0, 0.1) is 6.92 Å². The van der Waals surface area contributed by atoms with Crippen LogP contribution in [-0.4, -0.2) is 13.2 Å². The molecule has 1 aromatic rings. The smallest absolute Gasteiger partial charge is 0.164 e. The van der Waals surface area contributed by atoms with Crippen molar-refractivity contribution in [1.82, 2.24) is 0 Å². The fraction of sp³-hybridized carbons (Fsp3) is 0.273. The van der Waals surface area contributed by atoms with Gasteiger partial charge in [-0.25, -0.2) is 0 Å². The number of rotatable bonds is 0. The summed E-state index contributed by atoms with van der Waals surface area (Å²) in [6, 6.07) is 5.89. The van der Waals surface area contributed by atoms with Crippen molar-refractivity contribution in [3.63, 3.8) is 0 Å². The van der Waals surface area contributed by atoms with Crippen molar-refractivity contribution in [2.24, 2.45) is 0 Å². The van der Waals surface area contributed by atoms with E-state index in [-0.39, 0.29) is 0 Å². The molecule has 2 nitrogen and oxygen atoms in total. The van der Waals surface area contributed by atoms with Gasteiger partial charge in [-0.3, -0.25) is 0 Å². The topological polar surface area (TPSA) is 18.5 Å². The van der Waals surface area contributed by atoms with Crippen molar-refractivity contribution in [1.29, 1.82) is 0 Å². The van der Waals surface area contributed by atoms with Crippen molar-refractivity contribution < 1.29 is 9.47 Å². The van der Waals surface area contributed by atoms with Gasteiger partial charge >= 0.3 is 0 Å². The molecule has 0 spiro atoms. The molecule has 68 valence electrons. The van der Waals surface area contributed by atoms with Gasteiger partial charge in [-0.2, -0.15) is 0 Å². The van der Waals surface area contributed by atoms with Crippen LogP contribution in [0.4, 0.5) is 0 Å². The number of benzene rings is 1. The molecule has 0 unspecified atom stereocenters. The minimum absolute atomic E-state index is 0.552. The predicted molar refractivity (Wildman–Crippen MR) is 51.3 cm³/mol. The second-order valence-corrected chi connectivity index (χ2v) is 3.23. The first-order chi connectivity index (χ1) is 6.27. The van der Waals surface area contributed by atoms with Gasteiger partial charge in [0.15, 0.2) is 11.5 Å². The third-order valence-electron chi connectivity index (χ3n) is 2.03. The molecule has 0 bridgehead atoms. The second-order valence-electron chi connectivity index (χ2n) is 3.23. The van der Waals surface area contributed by atoms with Gasteiger partial charge in [-0.05, 0) is 24.1 Å². The highest BCUT2D eigenvalue weighted by Gasteiger charge is 2.12. The van der Waals surface area contributed by atoms with E-state index in [0.29, 0.717) is 13.2 Å². The first-order valence-corrected chi connectivity index (χ1v) is 4.29. The summed E-state index contributed by atoms with van der Waals surface area (Å²) in [5.41, 5.74) is 2.07. The highest BCUT2D eigenvalue weighted by molar-refractivity contribution is 5.46. The van der Waals surface area contributed by atoms with Crippen LogP contribution in [0.2, 0.25) is 0 Å². The zero-order valence-electron chi connectivity index (χ0n) is 7.67. The minimum atomic E-state index is 0.552. The molecule has 13 heavy (non-hydrogen) atoms. The third kappa shape index (κ3) is 1.52. The number of hydrogen-bond donors (Lipinski definition) is 0. The number of hydrogen-bond acceptors (Lipinski definition) is 2. The van der Waals surface area contributed by atoms with E-state index in [9.17, 15) is 0 Å². The molecule has 1 aromatic carbocycles. The fourth-order valence-electron chi connectivity index (χ4n) is 1.32. The number of fused-ring (bicyclic) bond motifs is 1. The van der Waals surface area contributed by atoms with Crippen molar-refractivity contribution in [3.05, 3.63) is 35.9 Å². The van der Waals surface area contributed by atoms with Gasteiger partial charge in [0, 0.05) is 0 Å². The van der Waals surface area contributed by atoms with Crippen LogP contribution in [0.15, 0.2) is 30.4 Å². The largest absolute Gasteiger partial charge is 0.485 e. The quantitative estimate of drug-likeness (QED) is 0.565. The summed E-state index contributed by atoms with van der Waals surface area (Å²) < 4.78 is 11.1. The molecule has 1 aliphatic rings. The van der Waals surface area contributed by atoms with Crippen LogP contribution in [0.25, 0.3) is 0 Å². The first kappa shape index (κ1) is 8.17. The molecule has 0 aliphatic carbocycles. The molecule has 0 radical (unpaired) electrons. The SMILES string of the molecule is C=C1COc2cccc(C)c2OC1. The fourth-order valence-corrected chi connectivity index (χ4v) is 1.32. The van der Waals surface area contributed by atoms with Crippen molar-refractivity contribution in [2.45, 2.75) is 6.92 Å². The van der Waals surface area contributed by atoms with E-state index in [1.165, 1.54) is 0 Å². The highest BCUT2D eigenvalue weighted by atomic mass is 16.5. The molecule has 1 heterocycles. The maximum atomic E-state index is 5.57. The summed E-state index contributed by atoms with van der Waals surface area (Å²) in [7, 11) is 0. The highest BCUT2D eigenvalue weighted by Crippen LogP contribution is 2.32. The predicted octanol–water partition coefficient (Wildman–Crippen LogP) is 2.32. The lowest BCUT2D eigenvalue weighted by Crippen LogP contribution is -2.02. The Balaban J connectivity index is 2.40. The molecule has 1 aliphatic heterocycles. The van der Waals surface area contributed by atoms with Crippen LogP contribution >= 0.6 is 0 Å². The summed E-state index contributed by atoms with van der Waals surface area (Å²) in [5.74, 6) is 1.67. The third-order valence-corrected chi connectivity index (χ3v) is 2.03. The molecule has 0 N–H and O–H groups in total. The van der Waals surface area contributed by atoms with E-state index in [2.05, 4.69) is 6.58 Å². The van der Waals surface area contributed by atoms with Crippen LogP contribution < -0.4 is 9.47 Å². The van der Waals surface area contributed by atoms with E-state index >= 15 is 0 Å². The Bertz CT molecular complexity index is 342. The van der Waals surface area contributed by atoms with Gasteiger partial charge < -0.3 is 9.47 Å². The van der Waals surface area contributed by atoms with Gasteiger partial charge in [-0.1, -0.05) is 18.7 Å². The summed E-state index contributed by atoms with van der Waals surface area (Å²) in [6.07, 6.45) is 0. The Hall–Kier alpha value is -1.44. The normalized spacial score (nSPS) is 15.3. The monoisotopic (exact) mass is 176 g/mol. The first-order valence-electron chi connectivity index (χ1n) is 4.29. The molecule has 0 aromatic heterocycles. The lowest BCUT2D eigenvalue weighted by molar-refractivity contribution is 0.352. The van der Waals surface area contributed by atoms with Gasteiger partial charge in [-0.15, -0.1) is 0 Å². The zero-order chi connectivity index (χ0) is 9.26. The van der Waals surface area contributed by atoms with E-state index in [0.717, 1.165) is 22.6 Å². The standard InChI is InChI=1S/C11H12O2/c1-8-6-12-10-5-3-4-9(2)11(10)13-7-8/h3-5H,1,6-7H2,2H3. The second kappa shape index (κ2) is 3.13. The van der Waals surface area contributed by atoms with E-state index < -0.39 is 0 Å². The van der Waals surface area contributed by atoms with Gasteiger partial charge in [0.2, 0.25) is 0 Å². The van der Waals surface area contributed by atoms with Gasteiger partial charge in [0.1, 0.15) is 13.2 Å². The van der Waals surface area contributed by atoms with Crippen molar-refractivity contribution >= 4 is 0 Å². The Morgan fingerprint density at radius 3 is 2.85 bits per heavy atom. The van der Waals surface area contributed by atoms with Crippen molar-refractivity contribution in [3.8, 4) is 11.5 Å². The Kier molecular flexibility index (Phi) is 1.97. The molecule has 0 fully saturated rings. The number of ether oxygens (including phenoxy) is 2. The maximum absolute atomic E-state index is 5.57. The Labute approximate surface area is 77.8 Å². The van der Waals surface area contributed by atoms with E-state index in [4.69, 9.17) is 9.47 Å². The number of aryl methyl sites for hydroxylation is 1.